The zero-order valence-corrected chi connectivity index (χ0v) is 17.8. The third-order valence-electron chi connectivity index (χ3n) is 6.24. The van der Waals surface area contributed by atoms with Crippen LogP contribution in [-0.4, -0.2) is 37.1 Å². The van der Waals surface area contributed by atoms with Crippen LogP contribution in [0.2, 0.25) is 0 Å². The number of unbranched alkanes of at least 4 members (excludes halogenated alkanes) is 4. The maximum absolute atomic E-state index is 12.2. The number of anilines is 1. The second kappa shape index (κ2) is 10.0. The van der Waals surface area contributed by atoms with E-state index in [0.29, 0.717) is 5.92 Å². The number of hydrogen-bond acceptors (Lipinski definition) is 2. The van der Waals surface area contributed by atoms with Gasteiger partial charge in [0, 0.05) is 31.9 Å². The summed E-state index contributed by atoms with van der Waals surface area (Å²) >= 11 is 0. The Balaban J connectivity index is 2.04. The molecule has 0 aromatic heterocycles. The summed E-state index contributed by atoms with van der Waals surface area (Å²) in [5, 5.41) is 0. The standard InChI is InChI=1S/C23H39N3O/c1-5-6-7-8-9-17-26(22(24)27)23(2)16-10-11-20(18-23)19-12-14-21(15-13-19)25(3)4/h12-15,20H,5-11,16-18H2,1-4H3,(H2,24,27). The monoisotopic (exact) mass is 373 g/mol. The molecule has 0 bridgehead atoms. The summed E-state index contributed by atoms with van der Waals surface area (Å²) in [6.45, 7) is 5.26. The van der Waals surface area contributed by atoms with E-state index in [4.69, 9.17) is 5.73 Å². The quantitative estimate of drug-likeness (QED) is 0.579. The predicted octanol–water partition coefficient (Wildman–Crippen LogP) is 5.52. The zero-order valence-electron chi connectivity index (χ0n) is 17.8. The Labute approximate surface area is 166 Å². The minimum Gasteiger partial charge on any atom is -0.378 e. The topological polar surface area (TPSA) is 49.6 Å². The fourth-order valence-electron chi connectivity index (χ4n) is 4.56. The molecule has 1 aromatic rings. The molecule has 1 aromatic carbocycles. The van der Waals surface area contributed by atoms with Gasteiger partial charge in [-0.1, -0.05) is 51.2 Å². The summed E-state index contributed by atoms with van der Waals surface area (Å²) in [7, 11) is 4.13. The van der Waals surface area contributed by atoms with Crippen molar-refractivity contribution in [2.45, 2.75) is 83.1 Å². The average Bonchev–Trinajstić information content (AvgIpc) is 2.64. The van der Waals surface area contributed by atoms with E-state index in [2.05, 4.69) is 57.1 Å². The molecule has 0 spiro atoms. The molecule has 2 atom stereocenters. The number of benzene rings is 1. The van der Waals surface area contributed by atoms with Gasteiger partial charge in [-0.15, -0.1) is 0 Å². The molecule has 1 aliphatic rings. The third kappa shape index (κ3) is 5.88. The molecule has 0 saturated heterocycles. The molecule has 1 saturated carbocycles. The lowest BCUT2D eigenvalue weighted by Crippen LogP contribution is -2.54. The lowest BCUT2D eigenvalue weighted by molar-refractivity contribution is 0.0873. The third-order valence-corrected chi connectivity index (χ3v) is 6.24. The van der Waals surface area contributed by atoms with Crippen molar-refractivity contribution in [1.29, 1.82) is 0 Å². The Morgan fingerprint density at radius 1 is 1.15 bits per heavy atom. The van der Waals surface area contributed by atoms with Gasteiger partial charge in [0.15, 0.2) is 0 Å². The van der Waals surface area contributed by atoms with E-state index < -0.39 is 0 Å². The van der Waals surface area contributed by atoms with E-state index >= 15 is 0 Å². The Bertz CT molecular complexity index is 584. The highest BCUT2D eigenvalue weighted by Crippen LogP contribution is 2.42. The number of amides is 2. The molecule has 0 aliphatic heterocycles. The van der Waals surface area contributed by atoms with Gasteiger partial charge in [-0.05, 0) is 56.2 Å². The smallest absolute Gasteiger partial charge is 0.315 e. The lowest BCUT2D eigenvalue weighted by Gasteiger charge is -2.46. The van der Waals surface area contributed by atoms with Crippen molar-refractivity contribution in [3.05, 3.63) is 29.8 Å². The first kappa shape index (κ1) is 21.6. The molecular formula is C23H39N3O. The van der Waals surface area contributed by atoms with Crippen molar-refractivity contribution in [3.8, 4) is 0 Å². The summed E-state index contributed by atoms with van der Waals surface area (Å²) in [5.74, 6) is 0.502. The van der Waals surface area contributed by atoms with E-state index in [-0.39, 0.29) is 11.6 Å². The van der Waals surface area contributed by atoms with Gasteiger partial charge in [0.1, 0.15) is 0 Å². The van der Waals surface area contributed by atoms with E-state index in [1.807, 2.05) is 4.90 Å². The molecule has 0 radical (unpaired) electrons. The molecule has 4 nitrogen and oxygen atoms in total. The molecule has 2 unspecified atom stereocenters. The summed E-state index contributed by atoms with van der Waals surface area (Å²) in [6, 6.07) is 8.65. The SMILES string of the molecule is CCCCCCCN(C(N)=O)C1(C)CCCC(c2ccc(N(C)C)cc2)C1. The highest BCUT2D eigenvalue weighted by Gasteiger charge is 2.39. The van der Waals surface area contributed by atoms with E-state index in [1.165, 1.54) is 43.4 Å². The van der Waals surface area contributed by atoms with Crippen molar-refractivity contribution < 1.29 is 4.79 Å². The number of urea groups is 1. The summed E-state index contributed by atoms with van der Waals surface area (Å²) < 4.78 is 0. The van der Waals surface area contributed by atoms with Crippen LogP contribution >= 0.6 is 0 Å². The second-order valence-electron chi connectivity index (χ2n) is 8.68. The van der Waals surface area contributed by atoms with E-state index in [0.717, 1.165) is 32.2 Å². The minimum absolute atomic E-state index is 0.125. The maximum Gasteiger partial charge on any atom is 0.315 e. The number of carbonyl (C=O) groups is 1. The summed E-state index contributed by atoms with van der Waals surface area (Å²) in [6.07, 6.45) is 10.4. The Morgan fingerprint density at radius 3 is 2.41 bits per heavy atom. The lowest BCUT2D eigenvalue weighted by atomic mass is 9.73. The van der Waals surface area contributed by atoms with Crippen LogP contribution < -0.4 is 10.6 Å². The van der Waals surface area contributed by atoms with Crippen molar-refractivity contribution in [2.24, 2.45) is 5.73 Å². The summed E-state index contributed by atoms with van der Waals surface area (Å²) in [5.41, 5.74) is 8.30. The Hall–Kier alpha value is -1.71. The van der Waals surface area contributed by atoms with Crippen LogP contribution in [0.15, 0.2) is 24.3 Å². The number of hydrogen-bond donors (Lipinski definition) is 1. The molecule has 152 valence electrons. The molecule has 4 heteroatoms. The average molecular weight is 374 g/mol. The number of nitrogens with two attached hydrogens (primary N) is 1. The van der Waals surface area contributed by atoms with Gasteiger partial charge in [0.25, 0.3) is 0 Å². The van der Waals surface area contributed by atoms with Crippen LogP contribution in [0.25, 0.3) is 0 Å². The van der Waals surface area contributed by atoms with E-state index in [1.54, 1.807) is 0 Å². The second-order valence-corrected chi connectivity index (χ2v) is 8.68. The number of primary amides is 1. The zero-order chi connectivity index (χ0) is 19.9. The highest BCUT2D eigenvalue weighted by molar-refractivity contribution is 5.73. The molecule has 1 fully saturated rings. The van der Waals surface area contributed by atoms with Gasteiger partial charge in [-0.2, -0.15) is 0 Å². The van der Waals surface area contributed by atoms with Gasteiger partial charge in [-0.3, -0.25) is 0 Å². The molecule has 2 rings (SSSR count). The molecule has 2 amide bonds. The number of carbonyl (C=O) groups excluding carboxylic acids is 1. The van der Waals surface area contributed by atoms with Crippen molar-refractivity contribution >= 4 is 11.7 Å². The van der Waals surface area contributed by atoms with Gasteiger partial charge >= 0.3 is 6.03 Å². The predicted molar refractivity (Wildman–Crippen MR) is 115 cm³/mol. The van der Waals surface area contributed by atoms with Crippen molar-refractivity contribution in [1.82, 2.24) is 4.90 Å². The first-order chi connectivity index (χ1) is 12.9. The molecule has 27 heavy (non-hydrogen) atoms. The molecule has 0 heterocycles. The Kier molecular flexibility index (Phi) is 8.00. The molecule has 1 aliphatic carbocycles. The van der Waals surface area contributed by atoms with Gasteiger partial charge < -0.3 is 15.5 Å². The first-order valence-corrected chi connectivity index (χ1v) is 10.7. The van der Waals surface area contributed by atoms with Crippen LogP contribution in [0.3, 0.4) is 0 Å². The minimum atomic E-state index is -0.253. The van der Waals surface area contributed by atoms with Crippen molar-refractivity contribution in [2.75, 3.05) is 25.5 Å². The van der Waals surface area contributed by atoms with Crippen LogP contribution in [0.5, 0.6) is 0 Å². The normalized spacial score (nSPS) is 22.4. The van der Waals surface area contributed by atoms with Crippen LogP contribution in [0.1, 0.15) is 83.1 Å². The largest absolute Gasteiger partial charge is 0.378 e. The maximum atomic E-state index is 12.2. The summed E-state index contributed by atoms with van der Waals surface area (Å²) in [4.78, 5) is 16.3. The van der Waals surface area contributed by atoms with Gasteiger partial charge in [0.05, 0.1) is 0 Å². The van der Waals surface area contributed by atoms with E-state index in [9.17, 15) is 4.79 Å². The Morgan fingerprint density at radius 2 is 1.81 bits per heavy atom. The molecule has 2 N–H and O–H groups in total. The fraction of sp³-hybridized carbons (Fsp3) is 0.696. The fourth-order valence-corrected chi connectivity index (χ4v) is 4.56. The van der Waals surface area contributed by atoms with Gasteiger partial charge in [0.2, 0.25) is 0 Å². The van der Waals surface area contributed by atoms with Crippen LogP contribution in [0.4, 0.5) is 10.5 Å². The number of rotatable bonds is 9. The van der Waals surface area contributed by atoms with Gasteiger partial charge in [-0.25, -0.2) is 4.79 Å². The number of nitrogens with zero attached hydrogens (tertiary/aromatic N) is 2. The first-order valence-electron chi connectivity index (χ1n) is 10.7. The van der Waals surface area contributed by atoms with Crippen molar-refractivity contribution in [3.63, 3.8) is 0 Å². The van der Waals surface area contributed by atoms with Crippen LogP contribution in [-0.2, 0) is 0 Å². The molecular weight excluding hydrogens is 334 g/mol. The highest BCUT2D eigenvalue weighted by atomic mass is 16.2. The van der Waals surface area contributed by atoms with Crippen LogP contribution in [0, 0.1) is 0 Å².